The summed E-state index contributed by atoms with van der Waals surface area (Å²) in [5, 5.41) is 2.32. The topological polar surface area (TPSA) is 68.0 Å². The highest BCUT2D eigenvalue weighted by Crippen LogP contribution is 2.27. The maximum Gasteiger partial charge on any atom is 0.274 e. The van der Waals surface area contributed by atoms with Gasteiger partial charge >= 0.3 is 0 Å². The average Bonchev–Trinajstić information content (AvgIpc) is 2.42. The molecular weight excluding hydrogens is 364 g/mol. The Morgan fingerprint density at radius 3 is 2.57 bits per heavy atom. The van der Waals surface area contributed by atoms with Crippen LogP contribution in [0.4, 0.5) is 14.5 Å². The highest BCUT2D eigenvalue weighted by Gasteiger charge is 2.15. The molecule has 8 heteroatoms. The quantitative estimate of drug-likeness (QED) is 0.813. The molecule has 0 aliphatic heterocycles. The number of nitrogens with one attached hydrogen (secondary N) is 1. The van der Waals surface area contributed by atoms with Gasteiger partial charge in [0, 0.05) is 22.3 Å². The number of rotatable bonds is 3. The van der Waals surface area contributed by atoms with Gasteiger partial charge < -0.3 is 11.1 Å². The first-order valence-electron chi connectivity index (χ1n) is 5.60. The summed E-state index contributed by atoms with van der Waals surface area (Å²) in [5.41, 5.74) is 5.81. The number of carbonyl (C=O) groups is 1. The summed E-state index contributed by atoms with van der Waals surface area (Å²) >= 11 is 7.75. The Kier molecular flexibility index (Phi) is 4.59. The number of benzene rings is 1. The number of hydrogen-bond acceptors (Lipinski definition) is 3. The predicted octanol–water partition coefficient (Wildman–Crippen LogP) is 3.01. The van der Waals surface area contributed by atoms with Crippen molar-refractivity contribution in [1.82, 2.24) is 4.98 Å². The van der Waals surface area contributed by atoms with Crippen LogP contribution < -0.4 is 11.1 Å². The van der Waals surface area contributed by atoms with E-state index < -0.39 is 17.5 Å². The second-order valence-corrected chi connectivity index (χ2v) is 5.29. The summed E-state index contributed by atoms with van der Waals surface area (Å²) < 4.78 is 26.7. The molecule has 108 valence electrons. The predicted molar refractivity (Wildman–Crippen MR) is 82.1 cm³/mol. The molecule has 21 heavy (non-hydrogen) atoms. The van der Waals surface area contributed by atoms with Crippen LogP contribution in [-0.4, -0.2) is 15.9 Å². The molecule has 1 aromatic heterocycles. The van der Waals surface area contributed by atoms with Crippen molar-refractivity contribution in [2.24, 2.45) is 5.73 Å². The zero-order valence-corrected chi connectivity index (χ0v) is 12.8. The summed E-state index contributed by atoms with van der Waals surface area (Å²) in [6, 6.07) is 4.64. The molecular formula is C13H8BrF2N3OS. The van der Waals surface area contributed by atoms with Crippen molar-refractivity contribution in [3.63, 3.8) is 0 Å². The van der Waals surface area contributed by atoms with Crippen LogP contribution in [0.5, 0.6) is 0 Å². The van der Waals surface area contributed by atoms with E-state index in [1.54, 1.807) is 0 Å². The first-order valence-corrected chi connectivity index (χ1v) is 6.80. The number of pyridine rings is 1. The Labute approximate surface area is 132 Å². The van der Waals surface area contributed by atoms with E-state index in [0.29, 0.717) is 11.6 Å². The SMILES string of the molecule is NC(=S)c1ccc(C(=O)Nc2c(F)cc(F)cc2Br)nc1. The van der Waals surface area contributed by atoms with Crippen molar-refractivity contribution in [3.05, 3.63) is 57.8 Å². The van der Waals surface area contributed by atoms with E-state index in [4.69, 9.17) is 18.0 Å². The van der Waals surface area contributed by atoms with Crippen LogP contribution in [0.2, 0.25) is 0 Å². The minimum Gasteiger partial charge on any atom is -0.389 e. The summed E-state index contributed by atoms with van der Waals surface area (Å²) in [6.07, 6.45) is 1.34. The normalized spacial score (nSPS) is 10.2. The Bertz CT molecular complexity index is 699. The minimum atomic E-state index is -0.894. The smallest absolute Gasteiger partial charge is 0.274 e. The Morgan fingerprint density at radius 1 is 1.33 bits per heavy atom. The third-order valence-corrected chi connectivity index (χ3v) is 3.39. The van der Waals surface area contributed by atoms with Crippen LogP contribution in [-0.2, 0) is 0 Å². The maximum atomic E-state index is 13.6. The molecule has 0 aliphatic rings. The Balaban J connectivity index is 2.24. The van der Waals surface area contributed by atoms with E-state index in [1.807, 2.05) is 0 Å². The Hall–Kier alpha value is -1.93. The highest BCUT2D eigenvalue weighted by molar-refractivity contribution is 9.10. The summed E-state index contributed by atoms with van der Waals surface area (Å²) in [4.78, 5) is 16.0. The molecule has 0 spiro atoms. The molecule has 0 fully saturated rings. The fraction of sp³-hybridized carbons (Fsp3) is 0. The van der Waals surface area contributed by atoms with Crippen molar-refractivity contribution in [3.8, 4) is 0 Å². The van der Waals surface area contributed by atoms with Gasteiger partial charge in [-0.2, -0.15) is 0 Å². The average molecular weight is 372 g/mol. The fourth-order valence-electron chi connectivity index (χ4n) is 1.51. The lowest BCUT2D eigenvalue weighted by Crippen LogP contribution is -2.16. The molecule has 0 unspecified atom stereocenters. The van der Waals surface area contributed by atoms with Gasteiger partial charge in [-0.15, -0.1) is 0 Å². The van der Waals surface area contributed by atoms with Gasteiger partial charge in [0.1, 0.15) is 16.5 Å². The van der Waals surface area contributed by atoms with E-state index in [0.717, 1.165) is 6.07 Å². The molecule has 0 radical (unpaired) electrons. The van der Waals surface area contributed by atoms with Crippen LogP contribution in [0.15, 0.2) is 34.9 Å². The molecule has 4 nitrogen and oxygen atoms in total. The number of nitrogens with zero attached hydrogens (tertiary/aromatic N) is 1. The summed E-state index contributed by atoms with van der Waals surface area (Å²) in [6.45, 7) is 0. The lowest BCUT2D eigenvalue weighted by Gasteiger charge is -2.08. The largest absolute Gasteiger partial charge is 0.389 e. The summed E-state index contributed by atoms with van der Waals surface area (Å²) in [5.74, 6) is -2.29. The maximum absolute atomic E-state index is 13.6. The van der Waals surface area contributed by atoms with Gasteiger partial charge in [0.05, 0.1) is 5.69 Å². The van der Waals surface area contributed by atoms with E-state index in [1.165, 1.54) is 18.3 Å². The number of halogens is 3. The van der Waals surface area contributed by atoms with Gasteiger partial charge in [-0.05, 0) is 34.1 Å². The highest BCUT2D eigenvalue weighted by atomic mass is 79.9. The molecule has 0 aliphatic carbocycles. The number of nitrogens with two attached hydrogens (primary N) is 1. The third-order valence-electron chi connectivity index (χ3n) is 2.53. The second-order valence-electron chi connectivity index (χ2n) is 3.99. The number of anilines is 1. The number of thiocarbonyl (C=S) groups is 1. The molecule has 2 aromatic rings. The number of hydrogen-bond donors (Lipinski definition) is 2. The number of amides is 1. The van der Waals surface area contributed by atoms with Crippen LogP contribution in [0.25, 0.3) is 0 Å². The van der Waals surface area contributed by atoms with Crippen LogP contribution in [0, 0.1) is 11.6 Å². The molecule has 0 bridgehead atoms. The molecule has 3 N–H and O–H groups in total. The molecule has 1 amide bonds. The first kappa shape index (κ1) is 15.5. The van der Waals surface area contributed by atoms with Crippen molar-refractivity contribution < 1.29 is 13.6 Å². The molecule has 2 rings (SSSR count). The van der Waals surface area contributed by atoms with Gasteiger partial charge in [-0.1, -0.05) is 12.2 Å². The Morgan fingerprint density at radius 2 is 2.05 bits per heavy atom. The minimum absolute atomic E-state index is 0.0469. The van der Waals surface area contributed by atoms with Crippen molar-refractivity contribution in [1.29, 1.82) is 0 Å². The first-order chi connectivity index (χ1) is 9.88. The third kappa shape index (κ3) is 3.59. The van der Waals surface area contributed by atoms with Gasteiger partial charge in [-0.3, -0.25) is 9.78 Å². The molecule has 1 aromatic carbocycles. The zero-order chi connectivity index (χ0) is 15.6. The van der Waals surface area contributed by atoms with Crippen LogP contribution in [0.3, 0.4) is 0 Å². The molecule has 0 atom stereocenters. The number of carbonyl (C=O) groups excluding carboxylic acids is 1. The zero-order valence-electron chi connectivity index (χ0n) is 10.4. The van der Waals surface area contributed by atoms with Gasteiger partial charge in [0.2, 0.25) is 0 Å². The van der Waals surface area contributed by atoms with E-state index >= 15 is 0 Å². The summed E-state index contributed by atoms with van der Waals surface area (Å²) in [7, 11) is 0. The lowest BCUT2D eigenvalue weighted by atomic mass is 10.2. The van der Waals surface area contributed by atoms with E-state index in [9.17, 15) is 13.6 Å². The monoisotopic (exact) mass is 371 g/mol. The van der Waals surface area contributed by atoms with Crippen LogP contribution >= 0.6 is 28.1 Å². The molecule has 1 heterocycles. The van der Waals surface area contributed by atoms with Crippen molar-refractivity contribution >= 4 is 44.7 Å². The van der Waals surface area contributed by atoms with E-state index in [-0.39, 0.29) is 20.8 Å². The fourth-order valence-corrected chi connectivity index (χ4v) is 2.14. The molecule has 0 saturated heterocycles. The second kappa shape index (κ2) is 6.23. The van der Waals surface area contributed by atoms with Gasteiger partial charge in [-0.25, -0.2) is 8.78 Å². The number of aromatic nitrogens is 1. The standard InChI is InChI=1S/C13H8BrF2N3OS/c14-8-3-7(15)4-9(16)11(8)19-13(20)10-2-1-6(5-18-10)12(17)21/h1-5H,(H2,17,21)(H,19,20). The van der Waals surface area contributed by atoms with E-state index in [2.05, 4.69) is 26.2 Å². The molecule has 0 saturated carbocycles. The van der Waals surface area contributed by atoms with Crippen LogP contribution in [0.1, 0.15) is 16.1 Å². The van der Waals surface area contributed by atoms with Gasteiger partial charge in [0.25, 0.3) is 5.91 Å². The van der Waals surface area contributed by atoms with Crippen molar-refractivity contribution in [2.75, 3.05) is 5.32 Å². The van der Waals surface area contributed by atoms with Crippen molar-refractivity contribution in [2.45, 2.75) is 0 Å². The van der Waals surface area contributed by atoms with Gasteiger partial charge in [0.15, 0.2) is 5.82 Å². The lowest BCUT2D eigenvalue weighted by molar-refractivity contribution is 0.102.